The second-order valence-corrected chi connectivity index (χ2v) is 8.32. The maximum atomic E-state index is 13.2. The van der Waals surface area contributed by atoms with Crippen LogP contribution in [0.4, 0.5) is 0 Å². The summed E-state index contributed by atoms with van der Waals surface area (Å²) in [5.41, 5.74) is 2.40. The quantitative estimate of drug-likeness (QED) is 0.716. The molecule has 1 heterocycles. The number of benzene rings is 2. The Labute approximate surface area is 173 Å². The molecule has 2 aromatic rings. The summed E-state index contributed by atoms with van der Waals surface area (Å²) < 4.78 is 0. The summed E-state index contributed by atoms with van der Waals surface area (Å²) in [6.07, 6.45) is 5.14. The zero-order chi connectivity index (χ0) is 20.1. The highest BCUT2D eigenvalue weighted by atomic mass is 16.2. The molecule has 29 heavy (non-hydrogen) atoms. The van der Waals surface area contributed by atoms with Crippen molar-refractivity contribution in [3.63, 3.8) is 0 Å². The van der Waals surface area contributed by atoms with E-state index in [0.29, 0.717) is 32.1 Å². The first kappa shape index (κ1) is 19.7. The van der Waals surface area contributed by atoms with Gasteiger partial charge in [0.1, 0.15) is 0 Å². The van der Waals surface area contributed by atoms with E-state index in [9.17, 15) is 9.59 Å². The van der Waals surface area contributed by atoms with Crippen molar-refractivity contribution in [1.29, 1.82) is 0 Å². The summed E-state index contributed by atoms with van der Waals surface area (Å²) in [5.74, 6) is 0.549. The van der Waals surface area contributed by atoms with Crippen LogP contribution in [0.3, 0.4) is 0 Å². The number of hydrogen-bond acceptors (Lipinski definition) is 2. The van der Waals surface area contributed by atoms with Gasteiger partial charge in [-0.1, -0.05) is 60.7 Å². The second kappa shape index (κ2) is 9.25. The molecule has 1 aliphatic carbocycles. The molecule has 152 valence electrons. The largest absolute Gasteiger partial charge is 0.343 e. The number of aryl methyl sites for hydroxylation is 1. The van der Waals surface area contributed by atoms with E-state index in [1.165, 1.54) is 11.1 Å². The van der Waals surface area contributed by atoms with Crippen LogP contribution in [0.5, 0.6) is 0 Å². The Bertz CT molecular complexity index is 809. The van der Waals surface area contributed by atoms with Crippen molar-refractivity contribution < 1.29 is 9.59 Å². The molecule has 4 heteroatoms. The lowest BCUT2D eigenvalue weighted by Crippen LogP contribution is -2.45. The second-order valence-electron chi connectivity index (χ2n) is 8.32. The van der Waals surface area contributed by atoms with Crippen LogP contribution in [0.1, 0.15) is 43.2 Å². The molecule has 1 aliphatic heterocycles. The molecule has 1 saturated carbocycles. The fourth-order valence-electron chi connectivity index (χ4n) is 4.22. The van der Waals surface area contributed by atoms with Crippen LogP contribution < -0.4 is 0 Å². The smallest absolute Gasteiger partial charge is 0.226 e. The van der Waals surface area contributed by atoms with Gasteiger partial charge in [-0.2, -0.15) is 0 Å². The maximum absolute atomic E-state index is 13.2. The molecule has 0 bridgehead atoms. The van der Waals surface area contributed by atoms with Crippen LogP contribution in [-0.2, 0) is 22.6 Å². The van der Waals surface area contributed by atoms with Crippen molar-refractivity contribution >= 4 is 11.8 Å². The van der Waals surface area contributed by atoms with Gasteiger partial charge >= 0.3 is 0 Å². The highest BCUT2D eigenvalue weighted by Gasteiger charge is 2.37. The van der Waals surface area contributed by atoms with E-state index in [-0.39, 0.29) is 17.7 Å². The van der Waals surface area contributed by atoms with E-state index in [1.807, 2.05) is 41.3 Å². The molecule has 0 unspecified atom stereocenters. The van der Waals surface area contributed by atoms with Gasteiger partial charge in [0.25, 0.3) is 0 Å². The Hall–Kier alpha value is -2.62. The minimum atomic E-state index is 0.0532. The predicted molar refractivity (Wildman–Crippen MR) is 114 cm³/mol. The van der Waals surface area contributed by atoms with Crippen LogP contribution >= 0.6 is 0 Å². The molecular weight excluding hydrogens is 360 g/mol. The minimum absolute atomic E-state index is 0.0532. The summed E-state index contributed by atoms with van der Waals surface area (Å²) in [4.78, 5) is 29.8. The Morgan fingerprint density at radius 1 is 0.828 bits per heavy atom. The summed E-state index contributed by atoms with van der Waals surface area (Å²) in [7, 11) is 0. The summed E-state index contributed by atoms with van der Waals surface area (Å²) in [6, 6.07) is 20.8. The number of carbonyl (C=O) groups is 2. The lowest BCUT2D eigenvalue weighted by molar-refractivity contribution is -0.141. The third-order valence-electron chi connectivity index (χ3n) is 6.13. The fraction of sp³-hybridized carbons (Fsp3) is 0.440. The Kier molecular flexibility index (Phi) is 6.28. The number of piperidine rings is 1. The molecule has 0 aromatic heterocycles. The average molecular weight is 391 g/mol. The summed E-state index contributed by atoms with van der Waals surface area (Å²) in [5, 5.41) is 0. The van der Waals surface area contributed by atoms with Crippen molar-refractivity contribution in [2.24, 2.45) is 5.92 Å². The molecule has 0 N–H and O–H groups in total. The molecule has 2 aromatic carbocycles. The van der Waals surface area contributed by atoms with Gasteiger partial charge < -0.3 is 9.80 Å². The maximum Gasteiger partial charge on any atom is 0.226 e. The third kappa shape index (κ3) is 5.26. The lowest BCUT2D eigenvalue weighted by atomic mass is 9.94. The SMILES string of the molecule is O=C(CCc1ccccc1)N1CCC(C(=O)N(Cc2ccccc2)C2CC2)CC1. The van der Waals surface area contributed by atoms with Crippen LogP contribution in [0, 0.1) is 5.92 Å². The van der Waals surface area contributed by atoms with Crippen molar-refractivity contribution in [1.82, 2.24) is 9.80 Å². The monoisotopic (exact) mass is 390 g/mol. The molecule has 0 atom stereocenters. The molecule has 0 radical (unpaired) electrons. The minimum Gasteiger partial charge on any atom is -0.343 e. The van der Waals surface area contributed by atoms with Gasteiger partial charge in [0.05, 0.1) is 0 Å². The topological polar surface area (TPSA) is 40.6 Å². The molecule has 0 spiro atoms. The first-order chi connectivity index (χ1) is 14.2. The van der Waals surface area contributed by atoms with Gasteiger partial charge in [-0.25, -0.2) is 0 Å². The zero-order valence-electron chi connectivity index (χ0n) is 17.0. The third-order valence-corrected chi connectivity index (χ3v) is 6.13. The Morgan fingerprint density at radius 2 is 1.41 bits per heavy atom. The van der Waals surface area contributed by atoms with Crippen LogP contribution in [0.15, 0.2) is 60.7 Å². The number of nitrogens with zero attached hydrogens (tertiary/aromatic N) is 2. The Morgan fingerprint density at radius 3 is 2.00 bits per heavy atom. The van der Waals surface area contributed by atoms with E-state index in [0.717, 1.165) is 32.1 Å². The number of amides is 2. The number of likely N-dealkylation sites (tertiary alicyclic amines) is 1. The van der Waals surface area contributed by atoms with Gasteiger partial charge in [0.15, 0.2) is 0 Å². The normalized spacial score (nSPS) is 17.2. The highest BCUT2D eigenvalue weighted by molar-refractivity contribution is 5.81. The number of carbonyl (C=O) groups excluding carboxylic acids is 2. The van der Waals surface area contributed by atoms with Crippen LogP contribution in [-0.4, -0.2) is 40.7 Å². The molecule has 4 rings (SSSR count). The first-order valence-electron chi connectivity index (χ1n) is 10.9. The molecule has 2 fully saturated rings. The fourth-order valence-corrected chi connectivity index (χ4v) is 4.22. The lowest BCUT2D eigenvalue weighted by Gasteiger charge is -2.34. The first-order valence-corrected chi connectivity index (χ1v) is 10.9. The number of hydrogen-bond donors (Lipinski definition) is 0. The van der Waals surface area contributed by atoms with Crippen molar-refractivity contribution in [2.75, 3.05) is 13.1 Å². The predicted octanol–water partition coefficient (Wildman–Crippen LogP) is 4.05. The average Bonchev–Trinajstić information content (AvgIpc) is 3.62. The van der Waals surface area contributed by atoms with Crippen molar-refractivity contribution in [3.8, 4) is 0 Å². The highest BCUT2D eigenvalue weighted by Crippen LogP contribution is 2.32. The standard InChI is InChI=1S/C25H30N2O2/c28-24(14-11-20-7-3-1-4-8-20)26-17-15-22(16-18-26)25(29)27(23-12-13-23)19-21-9-5-2-6-10-21/h1-10,22-23H,11-19H2. The molecule has 1 saturated heterocycles. The Balaban J connectivity index is 1.28. The van der Waals surface area contributed by atoms with Gasteiger partial charge in [-0.3, -0.25) is 9.59 Å². The van der Waals surface area contributed by atoms with Crippen molar-refractivity contribution in [3.05, 3.63) is 71.8 Å². The van der Waals surface area contributed by atoms with E-state index < -0.39 is 0 Å². The van der Waals surface area contributed by atoms with Gasteiger partial charge in [0, 0.05) is 38.0 Å². The van der Waals surface area contributed by atoms with E-state index in [2.05, 4.69) is 29.2 Å². The molecular formula is C25H30N2O2. The van der Waals surface area contributed by atoms with Crippen LogP contribution in [0.25, 0.3) is 0 Å². The van der Waals surface area contributed by atoms with Gasteiger partial charge in [0.2, 0.25) is 11.8 Å². The number of rotatable bonds is 7. The van der Waals surface area contributed by atoms with Crippen LogP contribution in [0.2, 0.25) is 0 Å². The van der Waals surface area contributed by atoms with E-state index >= 15 is 0 Å². The van der Waals surface area contributed by atoms with Gasteiger partial charge in [-0.05, 0) is 43.2 Å². The van der Waals surface area contributed by atoms with Crippen molar-refractivity contribution in [2.45, 2.75) is 51.1 Å². The molecule has 2 aliphatic rings. The molecule has 2 amide bonds. The summed E-state index contributed by atoms with van der Waals surface area (Å²) in [6.45, 7) is 2.11. The summed E-state index contributed by atoms with van der Waals surface area (Å²) >= 11 is 0. The zero-order valence-corrected chi connectivity index (χ0v) is 17.0. The van der Waals surface area contributed by atoms with E-state index in [4.69, 9.17) is 0 Å². The van der Waals surface area contributed by atoms with E-state index in [1.54, 1.807) is 0 Å². The molecule has 4 nitrogen and oxygen atoms in total. The van der Waals surface area contributed by atoms with Gasteiger partial charge in [-0.15, -0.1) is 0 Å².